The number of carbonyl (C=O) groups is 1. The van der Waals surface area contributed by atoms with Crippen molar-refractivity contribution in [3.63, 3.8) is 0 Å². The van der Waals surface area contributed by atoms with Crippen molar-refractivity contribution in [1.82, 2.24) is 0 Å². The monoisotopic (exact) mass is 302 g/mol. The first kappa shape index (κ1) is 20.4. The van der Waals surface area contributed by atoms with Crippen LogP contribution in [0.3, 0.4) is 0 Å². The molecule has 0 aromatic heterocycles. The van der Waals surface area contributed by atoms with Crippen LogP contribution in [-0.2, 0) is 9.53 Å². The highest BCUT2D eigenvalue weighted by Gasteiger charge is 1.97. The van der Waals surface area contributed by atoms with Crippen LogP contribution >= 0.6 is 0 Å². The van der Waals surface area contributed by atoms with Crippen LogP contribution < -0.4 is 0 Å². The van der Waals surface area contributed by atoms with Crippen LogP contribution in [0.2, 0.25) is 0 Å². The zero-order chi connectivity index (χ0) is 15.6. The maximum Gasteiger partial charge on any atom is 0.303 e. The van der Waals surface area contributed by atoms with E-state index in [0.29, 0.717) is 13.0 Å². The second-order valence-electron chi connectivity index (χ2n) is 5.78. The molecular formula is C17H34O4. The number of rotatable bonds is 17. The minimum absolute atomic E-state index is 0.153. The van der Waals surface area contributed by atoms with E-state index in [9.17, 15) is 4.79 Å². The summed E-state index contributed by atoms with van der Waals surface area (Å²) in [6.45, 7) is 0.530. The molecule has 4 heteroatoms. The summed E-state index contributed by atoms with van der Waals surface area (Å²) >= 11 is 0. The minimum Gasteiger partial charge on any atom is -0.481 e. The molecule has 126 valence electrons. The van der Waals surface area contributed by atoms with Crippen LogP contribution in [0.25, 0.3) is 0 Å². The van der Waals surface area contributed by atoms with Crippen LogP contribution in [0.5, 0.6) is 0 Å². The predicted octanol–water partition coefficient (Wildman–Crippen LogP) is 4.50. The Labute approximate surface area is 129 Å². The first-order valence-electron chi connectivity index (χ1n) is 8.67. The van der Waals surface area contributed by atoms with Gasteiger partial charge in [0.25, 0.3) is 0 Å². The van der Waals surface area contributed by atoms with Crippen LogP contribution in [0.1, 0.15) is 89.9 Å². The average Bonchev–Trinajstić information content (AvgIpc) is 2.46. The molecule has 0 rings (SSSR count). The van der Waals surface area contributed by atoms with Gasteiger partial charge in [-0.15, -0.1) is 0 Å². The van der Waals surface area contributed by atoms with E-state index in [1.807, 2.05) is 0 Å². The number of aliphatic hydroxyl groups excluding tert-OH is 1. The lowest BCUT2D eigenvalue weighted by atomic mass is 10.0. The highest BCUT2D eigenvalue weighted by Crippen LogP contribution is 2.12. The first-order chi connectivity index (χ1) is 10.3. The van der Waals surface area contributed by atoms with E-state index in [0.717, 1.165) is 19.3 Å². The molecule has 0 radical (unpaired) electrons. The van der Waals surface area contributed by atoms with Crippen molar-refractivity contribution in [3.05, 3.63) is 0 Å². The molecule has 0 saturated heterocycles. The van der Waals surface area contributed by atoms with E-state index in [1.165, 1.54) is 64.2 Å². The van der Waals surface area contributed by atoms with Crippen LogP contribution in [0, 0.1) is 0 Å². The maximum absolute atomic E-state index is 10.3. The second kappa shape index (κ2) is 17.4. The van der Waals surface area contributed by atoms with Gasteiger partial charge in [-0.2, -0.15) is 0 Å². The van der Waals surface area contributed by atoms with Crippen LogP contribution in [0.4, 0.5) is 0 Å². The highest BCUT2D eigenvalue weighted by molar-refractivity contribution is 5.66. The molecule has 0 heterocycles. The van der Waals surface area contributed by atoms with Crippen molar-refractivity contribution in [2.45, 2.75) is 89.9 Å². The smallest absolute Gasteiger partial charge is 0.303 e. The van der Waals surface area contributed by atoms with Gasteiger partial charge in [0.1, 0.15) is 6.79 Å². The standard InChI is InChI=1S/C17H34O4/c18-16-21-15-13-11-9-7-5-3-1-2-4-6-8-10-12-14-17(19)20/h18H,1-16H2,(H,19,20). The highest BCUT2D eigenvalue weighted by atomic mass is 16.6. The Bertz CT molecular complexity index is 219. The van der Waals surface area contributed by atoms with Crippen molar-refractivity contribution < 1.29 is 19.7 Å². The van der Waals surface area contributed by atoms with Gasteiger partial charge < -0.3 is 14.9 Å². The minimum atomic E-state index is -0.670. The Hall–Kier alpha value is -0.610. The third-order valence-corrected chi connectivity index (χ3v) is 3.77. The Morgan fingerprint density at radius 2 is 1.05 bits per heavy atom. The molecule has 0 aromatic carbocycles. The van der Waals surface area contributed by atoms with Gasteiger partial charge in [0, 0.05) is 13.0 Å². The SMILES string of the molecule is O=C(O)CCCCCCCCCCCCCCCOCO. The third kappa shape index (κ3) is 19.4. The van der Waals surface area contributed by atoms with Crippen molar-refractivity contribution in [1.29, 1.82) is 0 Å². The normalized spacial score (nSPS) is 10.9. The van der Waals surface area contributed by atoms with Gasteiger partial charge in [-0.3, -0.25) is 4.79 Å². The summed E-state index contributed by atoms with van der Waals surface area (Å²) in [5, 5.41) is 17.0. The molecular weight excluding hydrogens is 268 g/mol. The number of hydrogen-bond donors (Lipinski definition) is 2. The molecule has 0 aliphatic carbocycles. The summed E-state index contributed by atoms with van der Waals surface area (Å²) in [5.41, 5.74) is 0. The summed E-state index contributed by atoms with van der Waals surface area (Å²) in [6.07, 6.45) is 16.1. The molecule has 0 atom stereocenters. The molecule has 21 heavy (non-hydrogen) atoms. The van der Waals surface area contributed by atoms with E-state index in [-0.39, 0.29) is 6.79 Å². The van der Waals surface area contributed by atoms with Crippen molar-refractivity contribution >= 4 is 5.97 Å². The molecule has 0 aromatic rings. The first-order valence-corrected chi connectivity index (χ1v) is 8.67. The van der Waals surface area contributed by atoms with Crippen molar-refractivity contribution in [2.24, 2.45) is 0 Å². The summed E-state index contributed by atoms with van der Waals surface area (Å²) in [6, 6.07) is 0. The maximum atomic E-state index is 10.3. The van der Waals surface area contributed by atoms with Gasteiger partial charge in [0.05, 0.1) is 0 Å². The van der Waals surface area contributed by atoms with Gasteiger partial charge in [0.2, 0.25) is 0 Å². The van der Waals surface area contributed by atoms with Crippen LogP contribution in [0.15, 0.2) is 0 Å². The number of ether oxygens (including phenoxy) is 1. The zero-order valence-corrected chi connectivity index (χ0v) is 13.5. The van der Waals surface area contributed by atoms with Gasteiger partial charge in [-0.25, -0.2) is 0 Å². The van der Waals surface area contributed by atoms with Gasteiger partial charge in [-0.05, 0) is 12.8 Å². The molecule has 0 spiro atoms. The van der Waals surface area contributed by atoms with Gasteiger partial charge >= 0.3 is 5.97 Å². The molecule has 2 N–H and O–H groups in total. The number of aliphatic hydroxyl groups is 1. The van der Waals surface area contributed by atoms with Gasteiger partial charge in [0.15, 0.2) is 0 Å². The Kier molecular flexibility index (Phi) is 16.9. The Morgan fingerprint density at radius 3 is 1.43 bits per heavy atom. The van der Waals surface area contributed by atoms with Crippen molar-refractivity contribution in [2.75, 3.05) is 13.4 Å². The topological polar surface area (TPSA) is 66.8 Å². The fraction of sp³-hybridized carbons (Fsp3) is 0.941. The van der Waals surface area contributed by atoms with E-state index < -0.39 is 5.97 Å². The number of hydrogen-bond acceptors (Lipinski definition) is 3. The number of aliphatic carboxylic acids is 1. The molecule has 0 fully saturated rings. The lowest BCUT2D eigenvalue weighted by Crippen LogP contribution is -1.95. The van der Waals surface area contributed by atoms with E-state index in [2.05, 4.69) is 0 Å². The number of carboxylic acids is 1. The average molecular weight is 302 g/mol. The summed E-state index contributed by atoms with van der Waals surface area (Å²) < 4.78 is 4.88. The zero-order valence-electron chi connectivity index (χ0n) is 13.5. The molecule has 0 saturated carbocycles. The summed E-state index contributed by atoms with van der Waals surface area (Å²) in [5.74, 6) is -0.670. The number of carboxylic acid groups (broad SMARTS) is 1. The van der Waals surface area contributed by atoms with Gasteiger partial charge in [-0.1, -0.05) is 70.6 Å². The fourth-order valence-corrected chi connectivity index (χ4v) is 2.49. The molecule has 0 bridgehead atoms. The fourth-order valence-electron chi connectivity index (χ4n) is 2.49. The molecule has 0 aliphatic rings. The van der Waals surface area contributed by atoms with E-state index >= 15 is 0 Å². The van der Waals surface area contributed by atoms with E-state index in [4.69, 9.17) is 14.9 Å². The quantitative estimate of drug-likeness (QED) is 0.307. The van der Waals surface area contributed by atoms with Crippen LogP contribution in [-0.4, -0.2) is 29.6 Å². The summed E-state index contributed by atoms with van der Waals surface area (Å²) in [7, 11) is 0. The lowest BCUT2D eigenvalue weighted by molar-refractivity contribution is -0.137. The Balaban J connectivity index is 2.95. The van der Waals surface area contributed by atoms with Crippen molar-refractivity contribution in [3.8, 4) is 0 Å². The largest absolute Gasteiger partial charge is 0.481 e. The van der Waals surface area contributed by atoms with E-state index in [1.54, 1.807) is 0 Å². The predicted molar refractivity (Wildman–Crippen MR) is 85.3 cm³/mol. The number of unbranched alkanes of at least 4 members (excludes halogenated alkanes) is 12. The third-order valence-electron chi connectivity index (χ3n) is 3.77. The second-order valence-corrected chi connectivity index (χ2v) is 5.78. The molecule has 0 unspecified atom stereocenters. The summed E-state index contributed by atoms with van der Waals surface area (Å²) in [4.78, 5) is 10.3. The Morgan fingerprint density at radius 1 is 0.667 bits per heavy atom. The lowest BCUT2D eigenvalue weighted by Gasteiger charge is -2.03. The molecule has 4 nitrogen and oxygen atoms in total. The molecule has 0 aliphatic heterocycles. The molecule has 0 amide bonds.